The van der Waals surface area contributed by atoms with Crippen molar-refractivity contribution in [3.63, 3.8) is 0 Å². The Morgan fingerprint density at radius 2 is 1.64 bits per heavy atom. The van der Waals surface area contributed by atoms with E-state index >= 15 is 0 Å². The van der Waals surface area contributed by atoms with Gasteiger partial charge in [0.25, 0.3) is 0 Å². The zero-order valence-corrected chi connectivity index (χ0v) is 21.6. The van der Waals surface area contributed by atoms with Gasteiger partial charge in [0.15, 0.2) is 23.0 Å². The minimum absolute atomic E-state index is 0.0170. The van der Waals surface area contributed by atoms with Crippen LogP contribution in [0.3, 0.4) is 0 Å². The van der Waals surface area contributed by atoms with Gasteiger partial charge in [-0.1, -0.05) is 27.7 Å². The molecule has 3 aliphatic rings. The van der Waals surface area contributed by atoms with E-state index in [1.54, 1.807) is 34.6 Å². The second kappa shape index (κ2) is 7.62. The zero-order valence-electron chi connectivity index (χ0n) is 21.6. The van der Waals surface area contributed by atoms with Gasteiger partial charge in [0, 0.05) is 27.9 Å². The molecule has 4 rings (SSSR count). The maximum absolute atomic E-state index is 14.2. The van der Waals surface area contributed by atoms with Gasteiger partial charge in [-0.15, -0.1) is 0 Å². The normalized spacial score (nSPS) is 31.9. The Kier molecular flexibility index (Phi) is 5.47. The largest absolute Gasteiger partial charge is 0.508 e. The molecule has 8 heteroatoms. The molecular weight excluding hydrogens is 464 g/mol. The van der Waals surface area contributed by atoms with E-state index in [0.717, 1.165) is 6.92 Å². The van der Waals surface area contributed by atoms with Gasteiger partial charge in [0.2, 0.25) is 5.78 Å². The van der Waals surface area contributed by atoms with E-state index in [4.69, 9.17) is 0 Å². The standard InChI is InChI=1S/C28H32O8/c1-11(2)19-22(32)17(14(5)30)24(34)28(36)25(35)20-23(33)18-16(9-26(20,6)10-27(19,28)7)15(13(4)29)8-12(3)21(18)31/h8,11,19,31,33-34,36H,9-10H2,1-7H3/t19?,26-,27-,28+/m1/s1. The van der Waals surface area contributed by atoms with Crippen LogP contribution in [0.4, 0.5) is 0 Å². The Balaban J connectivity index is 2.13. The number of fused-ring (bicyclic) bond motifs is 3. The number of hydrogen-bond acceptors (Lipinski definition) is 8. The Morgan fingerprint density at radius 3 is 2.14 bits per heavy atom. The fourth-order valence-electron chi connectivity index (χ4n) is 7.23. The number of aliphatic hydroxyl groups excluding tert-OH is 2. The van der Waals surface area contributed by atoms with Crippen LogP contribution >= 0.6 is 0 Å². The molecule has 0 saturated heterocycles. The first-order valence-electron chi connectivity index (χ1n) is 12.0. The lowest BCUT2D eigenvalue weighted by atomic mass is 9.43. The van der Waals surface area contributed by atoms with Crippen molar-refractivity contribution in [2.45, 2.75) is 66.9 Å². The highest BCUT2D eigenvalue weighted by molar-refractivity contribution is 6.24. The third-order valence-electron chi connectivity index (χ3n) is 8.57. The van der Waals surface area contributed by atoms with E-state index in [9.17, 15) is 39.6 Å². The molecule has 36 heavy (non-hydrogen) atoms. The van der Waals surface area contributed by atoms with Gasteiger partial charge in [-0.25, -0.2) is 0 Å². The molecule has 4 atom stereocenters. The summed E-state index contributed by atoms with van der Waals surface area (Å²) in [5, 5.41) is 45.4. The second-order valence-corrected chi connectivity index (χ2v) is 11.5. The number of hydrogen-bond donors (Lipinski definition) is 4. The number of ketones is 4. The Hall–Kier alpha value is -3.26. The number of aromatic hydroxyl groups is 1. The quantitative estimate of drug-likeness (QED) is 0.366. The van der Waals surface area contributed by atoms with E-state index in [-0.39, 0.29) is 35.5 Å². The molecule has 192 valence electrons. The third kappa shape index (κ3) is 2.91. The molecule has 1 saturated carbocycles. The van der Waals surface area contributed by atoms with E-state index in [2.05, 4.69) is 0 Å². The minimum atomic E-state index is -2.65. The second-order valence-electron chi connectivity index (χ2n) is 11.5. The van der Waals surface area contributed by atoms with Gasteiger partial charge in [-0.05, 0) is 56.7 Å². The number of phenols is 1. The lowest BCUT2D eigenvalue weighted by Crippen LogP contribution is -2.69. The van der Waals surface area contributed by atoms with Crippen LogP contribution < -0.4 is 0 Å². The number of aryl methyl sites for hydroxylation is 1. The molecule has 0 spiro atoms. The molecule has 0 radical (unpaired) electrons. The molecule has 0 heterocycles. The minimum Gasteiger partial charge on any atom is -0.508 e. The van der Waals surface area contributed by atoms with Gasteiger partial charge in [-0.3, -0.25) is 19.2 Å². The van der Waals surface area contributed by atoms with Gasteiger partial charge in [0.05, 0.1) is 5.56 Å². The third-order valence-corrected chi connectivity index (χ3v) is 8.57. The van der Waals surface area contributed by atoms with E-state index < -0.39 is 62.7 Å². The number of phenolic OH excluding ortho intramolecular Hbond substituents is 1. The maximum atomic E-state index is 14.2. The summed E-state index contributed by atoms with van der Waals surface area (Å²) in [5.74, 6) is -5.98. The van der Waals surface area contributed by atoms with Crippen molar-refractivity contribution in [1.29, 1.82) is 0 Å². The summed E-state index contributed by atoms with van der Waals surface area (Å²) >= 11 is 0. The van der Waals surface area contributed by atoms with Crippen LogP contribution in [0.5, 0.6) is 5.75 Å². The predicted molar refractivity (Wildman–Crippen MR) is 131 cm³/mol. The van der Waals surface area contributed by atoms with Crippen molar-refractivity contribution in [3.8, 4) is 5.75 Å². The SMILES string of the molecule is CC(=O)C1=C(O)[C@]2(O)C(=O)C3=C(O)c4c(O)c(C)cc(C(C)=O)c4C[C@]3(C)C[C@]2(C)C(C(C)C)C1=O. The summed E-state index contributed by atoms with van der Waals surface area (Å²) in [5.41, 5.74) is -5.21. The zero-order chi connectivity index (χ0) is 27.3. The first-order chi connectivity index (χ1) is 16.5. The highest BCUT2D eigenvalue weighted by Crippen LogP contribution is 2.65. The van der Waals surface area contributed by atoms with Gasteiger partial charge < -0.3 is 20.4 Å². The lowest BCUT2D eigenvalue weighted by molar-refractivity contribution is -0.178. The summed E-state index contributed by atoms with van der Waals surface area (Å²) in [6.45, 7) is 10.8. The first kappa shape index (κ1) is 25.8. The number of Topliss-reactive ketones (excluding diaryl/α,β-unsaturated/α-hetero) is 4. The summed E-state index contributed by atoms with van der Waals surface area (Å²) in [6.07, 6.45) is 0.0574. The molecule has 0 bridgehead atoms. The molecule has 1 aromatic rings. The molecule has 0 aliphatic heterocycles. The van der Waals surface area contributed by atoms with Gasteiger partial charge in [-0.2, -0.15) is 0 Å². The maximum Gasteiger partial charge on any atom is 0.203 e. The van der Waals surface area contributed by atoms with Crippen LogP contribution in [0.1, 0.15) is 75.0 Å². The summed E-state index contributed by atoms with van der Waals surface area (Å²) in [7, 11) is 0. The molecule has 0 aromatic heterocycles. The summed E-state index contributed by atoms with van der Waals surface area (Å²) in [4.78, 5) is 52.5. The molecule has 1 aromatic carbocycles. The van der Waals surface area contributed by atoms with Crippen molar-refractivity contribution >= 4 is 28.9 Å². The van der Waals surface area contributed by atoms with Crippen LogP contribution in [-0.4, -0.2) is 49.2 Å². The highest BCUT2D eigenvalue weighted by Gasteiger charge is 2.72. The van der Waals surface area contributed by atoms with Crippen molar-refractivity contribution in [2.75, 3.05) is 0 Å². The van der Waals surface area contributed by atoms with Crippen molar-refractivity contribution in [3.05, 3.63) is 45.2 Å². The van der Waals surface area contributed by atoms with Crippen molar-refractivity contribution in [1.82, 2.24) is 0 Å². The van der Waals surface area contributed by atoms with E-state index in [1.165, 1.54) is 13.0 Å². The summed E-state index contributed by atoms with van der Waals surface area (Å²) < 4.78 is 0. The number of carbonyl (C=O) groups is 4. The Labute approximate surface area is 209 Å². The smallest absolute Gasteiger partial charge is 0.203 e. The van der Waals surface area contributed by atoms with Crippen LogP contribution in [0, 0.1) is 29.6 Å². The number of benzene rings is 1. The summed E-state index contributed by atoms with van der Waals surface area (Å²) in [6, 6.07) is 1.54. The van der Waals surface area contributed by atoms with Crippen molar-refractivity contribution < 1.29 is 39.6 Å². The average molecular weight is 497 g/mol. The number of allylic oxidation sites excluding steroid dienone is 1. The number of rotatable bonds is 3. The molecule has 0 amide bonds. The highest BCUT2D eigenvalue weighted by atomic mass is 16.3. The molecule has 1 fully saturated rings. The number of aliphatic hydroxyl groups is 3. The molecular formula is C28H32O8. The first-order valence-corrected chi connectivity index (χ1v) is 12.0. The van der Waals surface area contributed by atoms with Crippen LogP contribution in [0.2, 0.25) is 0 Å². The fraction of sp³-hybridized carbons (Fsp3) is 0.500. The molecule has 1 unspecified atom stereocenters. The lowest BCUT2D eigenvalue weighted by Gasteiger charge is -2.59. The number of carbonyl (C=O) groups excluding carboxylic acids is 4. The van der Waals surface area contributed by atoms with Crippen LogP contribution in [-0.2, 0) is 20.8 Å². The Morgan fingerprint density at radius 1 is 1.06 bits per heavy atom. The molecule has 8 nitrogen and oxygen atoms in total. The molecule has 3 aliphatic carbocycles. The van der Waals surface area contributed by atoms with E-state index in [1.807, 2.05) is 0 Å². The predicted octanol–water partition coefficient (Wildman–Crippen LogP) is 3.70. The average Bonchev–Trinajstić information content (AvgIpc) is 2.72. The van der Waals surface area contributed by atoms with Gasteiger partial charge >= 0.3 is 0 Å². The van der Waals surface area contributed by atoms with Crippen molar-refractivity contribution in [2.24, 2.45) is 22.7 Å². The van der Waals surface area contributed by atoms with E-state index in [0.29, 0.717) is 16.7 Å². The fourth-order valence-corrected chi connectivity index (χ4v) is 7.23. The topological polar surface area (TPSA) is 149 Å². The van der Waals surface area contributed by atoms with Gasteiger partial charge in [0.1, 0.15) is 22.8 Å². The van der Waals surface area contributed by atoms with Crippen LogP contribution in [0.25, 0.3) is 5.76 Å². The van der Waals surface area contributed by atoms with Crippen LogP contribution in [0.15, 0.2) is 23.0 Å². The Bertz CT molecular complexity index is 1350. The monoisotopic (exact) mass is 496 g/mol. The molecule has 4 N–H and O–H groups in total.